The quantitative estimate of drug-likeness (QED) is 0.0747. The largest absolute Gasteiger partial charge is 1.00 e. The van der Waals surface area contributed by atoms with Crippen LogP contribution in [0, 0.1) is 0 Å². The third kappa shape index (κ3) is 52.5. The summed E-state index contributed by atoms with van der Waals surface area (Å²) in [7, 11) is -7.98. The molecule has 0 saturated heterocycles. The Labute approximate surface area is 294 Å². The average Bonchev–Trinajstić information content (AvgIpc) is 2.84. The zero-order valence-electron chi connectivity index (χ0n) is 27.1. The molecule has 0 aromatic carbocycles. The third-order valence-corrected chi connectivity index (χ3v) is 8.57. The first kappa shape index (κ1) is 48.7. The van der Waals surface area contributed by atoms with E-state index < -0.39 is 20.2 Å². The van der Waals surface area contributed by atoms with E-state index in [1.54, 1.807) is 0 Å². The van der Waals surface area contributed by atoms with Crippen LogP contribution in [0.2, 0.25) is 0 Å². The van der Waals surface area contributed by atoms with Crippen molar-refractivity contribution in [3.63, 3.8) is 0 Å². The van der Waals surface area contributed by atoms with Crippen LogP contribution in [0.4, 0.5) is 0 Å². The van der Waals surface area contributed by atoms with E-state index in [0.717, 1.165) is 25.7 Å². The zero-order valence-corrected chi connectivity index (χ0v) is 32.7. The van der Waals surface area contributed by atoms with Gasteiger partial charge in [-0.1, -0.05) is 168 Å². The Balaban J connectivity index is -0.000000309. The van der Waals surface area contributed by atoms with Crippen molar-refractivity contribution >= 4 is 20.2 Å². The number of unbranched alkanes of at least 4 members (excludes halogenated alkanes) is 24. The number of hydrogen-bond donors (Lipinski definition) is 0. The van der Waals surface area contributed by atoms with Gasteiger partial charge in [-0.2, -0.15) is 0 Å². The first-order valence-electron chi connectivity index (χ1n) is 16.0. The van der Waals surface area contributed by atoms with Crippen molar-refractivity contribution in [2.75, 3.05) is 11.5 Å². The van der Waals surface area contributed by atoms with Gasteiger partial charge >= 0.3 is 59.1 Å². The van der Waals surface area contributed by atoms with E-state index in [4.69, 9.17) is 0 Å². The van der Waals surface area contributed by atoms with E-state index in [0.29, 0.717) is 12.8 Å². The van der Waals surface area contributed by atoms with Crippen LogP contribution in [-0.2, 0) is 20.2 Å². The molecule has 0 N–H and O–H groups in total. The van der Waals surface area contributed by atoms with Gasteiger partial charge in [0.05, 0.1) is 20.2 Å². The van der Waals surface area contributed by atoms with Crippen LogP contribution < -0.4 is 59.1 Å². The Hall–Kier alpha value is 1.82. The smallest absolute Gasteiger partial charge is 0.748 e. The van der Waals surface area contributed by atoms with Gasteiger partial charge < -0.3 is 9.11 Å². The van der Waals surface area contributed by atoms with Gasteiger partial charge in [0.15, 0.2) is 0 Å². The molecule has 0 unspecified atom stereocenters. The molecule has 0 aromatic heterocycles. The molecule has 40 heavy (non-hydrogen) atoms. The minimum atomic E-state index is -3.99. The molecule has 0 fully saturated rings. The summed E-state index contributed by atoms with van der Waals surface area (Å²) in [4.78, 5) is 0. The van der Waals surface area contributed by atoms with Crippen molar-refractivity contribution in [2.45, 2.75) is 181 Å². The molecular formula is C30H62Na2O6S2. The summed E-state index contributed by atoms with van der Waals surface area (Å²) in [6, 6.07) is 0. The molecule has 0 radical (unpaired) electrons. The fourth-order valence-electron chi connectivity index (χ4n) is 4.59. The van der Waals surface area contributed by atoms with Crippen molar-refractivity contribution in [1.29, 1.82) is 0 Å². The molecule has 0 spiro atoms. The molecule has 0 atom stereocenters. The van der Waals surface area contributed by atoms with Crippen LogP contribution in [-0.4, -0.2) is 37.4 Å². The fraction of sp³-hybridized carbons (Fsp3) is 1.00. The molecule has 0 amide bonds. The average molecular weight is 629 g/mol. The van der Waals surface area contributed by atoms with Gasteiger partial charge in [-0.3, -0.25) is 0 Å². The summed E-state index contributed by atoms with van der Waals surface area (Å²) >= 11 is 0. The molecule has 6 nitrogen and oxygen atoms in total. The topological polar surface area (TPSA) is 114 Å². The molecular weight excluding hydrogens is 566 g/mol. The van der Waals surface area contributed by atoms with Gasteiger partial charge in [0, 0.05) is 11.5 Å². The summed E-state index contributed by atoms with van der Waals surface area (Å²) in [6.45, 7) is 4.49. The predicted octanol–water partition coefficient (Wildman–Crippen LogP) is 3.25. The Kier molecular flexibility index (Phi) is 45.1. The first-order chi connectivity index (χ1) is 18.1. The first-order valence-corrected chi connectivity index (χ1v) is 19.1. The van der Waals surface area contributed by atoms with Gasteiger partial charge in [0.25, 0.3) is 0 Å². The van der Waals surface area contributed by atoms with Crippen molar-refractivity contribution < 1.29 is 85.1 Å². The Morgan fingerprint density at radius 3 is 0.625 bits per heavy atom. The molecule has 0 heterocycles. The van der Waals surface area contributed by atoms with E-state index >= 15 is 0 Å². The summed E-state index contributed by atoms with van der Waals surface area (Å²) in [6.07, 6.45) is 31.4. The standard InChI is InChI=1S/2C15H32O3S.2Na/c2*1-2-3-4-5-6-7-8-9-10-11-12-13-14-15-19(16,17)18;;/h2*2-15H2,1H3,(H,16,17,18);;/q;;2*+1/p-2. The van der Waals surface area contributed by atoms with E-state index in [-0.39, 0.29) is 70.6 Å². The van der Waals surface area contributed by atoms with Crippen LogP contribution in [0.25, 0.3) is 0 Å². The van der Waals surface area contributed by atoms with Gasteiger partial charge in [-0.05, 0) is 12.8 Å². The molecule has 0 aliphatic carbocycles. The molecule has 0 aliphatic rings. The molecule has 0 rings (SSSR count). The van der Waals surface area contributed by atoms with Crippen LogP contribution in [0.1, 0.15) is 181 Å². The molecule has 0 bridgehead atoms. The maximum Gasteiger partial charge on any atom is 1.00 e. The van der Waals surface area contributed by atoms with E-state index in [1.807, 2.05) is 0 Å². The Morgan fingerprint density at radius 2 is 0.475 bits per heavy atom. The maximum absolute atomic E-state index is 10.4. The SMILES string of the molecule is CCCCCCCCCCCCCCCS(=O)(=O)[O-].CCCCCCCCCCCCCCCS(=O)(=O)[O-].[Na+].[Na+]. The van der Waals surface area contributed by atoms with Crippen LogP contribution in [0.15, 0.2) is 0 Å². The molecule has 0 aromatic rings. The second kappa shape index (κ2) is 37.0. The van der Waals surface area contributed by atoms with Gasteiger partial charge in [-0.15, -0.1) is 0 Å². The Morgan fingerprint density at radius 1 is 0.325 bits per heavy atom. The van der Waals surface area contributed by atoms with Crippen molar-refractivity contribution in [3.05, 3.63) is 0 Å². The summed E-state index contributed by atoms with van der Waals surface area (Å²) in [5.41, 5.74) is 0. The van der Waals surface area contributed by atoms with E-state index in [2.05, 4.69) is 13.8 Å². The van der Waals surface area contributed by atoms with Gasteiger partial charge in [0.2, 0.25) is 0 Å². The summed E-state index contributed by atoms with van der Waals surface area (Å²) in [5.74, 6) is -0.379. The molecule has 0 aliphatic heterocycles. The van der Waals surface area contributed by atoms with Crippen molar-refractivity contribution in [3.8, 4) is 0 Å². The van der Waals surface area contributed by atoms with E-state index in [9.17, 15) is 25.9 Å². The maximum atomic E-state index is 10.4. The monoisotopic (exact) mass is 628 g/mol. The molecule has 232 valence electrons. The minimum Gasteiger partial charge on any atom is -0.748 e. The van der Waals surface area contributed by atoms with Gasteiger partial charge in [-0.25, -0.2) is 16.8 Å². The van der Waals surface area contributed by atoms with Crippen LogP contribution in [0.5, 0.6) is 0 Å². The van der Waals surface area contributed by atoms with E-state index in [1.165, 1.54) is 128 Å². The van der Waals surface area contributed by atoms with Gasteiger partial charge in [0.1, 0.15) is 0 Å². The summed E-state index contributed by atoms with van der Waals surface area (Å²) in [5, 5.41) is 0. The number of hydrogen-bond acceptors (Lipinski definition) is 6. The van der Waals surface area contributed by atoms with Crippen LogP contribution >= 0.6 is 0 Å². The second-order valence-corrected chi connectivity index (χ2v) is 14.1. The Bertz CT molecular complexity index is 616. The normalized spacial score (nSPS) is 11.3. The molecule has 10 heteroatoms. The predicted molar refractivity (Wildman–Crippen MR) is 161 cm³/mol. The third-order valence-electron chi connectivity index (χ3n) is 7.00. The fourth-order valence-corrected chi connectivity index (χ4v) is 5.71. The zero-order chi connectivity index (χ0) is 28.8. The van der Waals surface area contributed by atoms with Crippen molar-refractivity contribution in [1.82, 2.24) is 0 Å². The minimum absolute atomic E-state index is 0. The summed E-state index contributed by atoms with van der Waals surface area (Å²) < 4.78 is 62.3. The van der Waals surface area contributed by atoms with Crippen LogP contribution in [0.3, 0.4) is 0 Å². The second-order valence-electron chi connectivity index (χ2n) is 11.0. The number of rotatable bonds is 28. The molecule has 0 saturated carbocycles. The van der Waals surface area contributed by atoms with Crippen molar-refractivity contribution in [2.24, 2.45) is 0 Å².